The summed E-state index contributed by atoms with van der Waals surface area (Å²) < 4.78 is 5.39. The minimum absolute atomic E-state index is 0.129. The van der Waals surface area contributed by atoms with Crippen LogP contribution in [-0.4, -0.2) is 54.0 Å². The topological polar surface area (TPSA) is 114 Å². The Morgan fingerprint density at radius 1 is 1.13 bits per heavy atom. The molecule has 2 aromatic carbocycles. The predicted molar refractivity (Wildman–Crippen MR) is 114 cm³/mol. The summed E-state index contributed by atoms with van der Waals surface area (Å²) in [5.41, 5.74) is 2.10. The van der Waals surface area contributed by atoms with E-state index in [4.69, 9.17) is 4.74 Å². The van der Waals surface area contributed by atoms with Crippen molar-refractivity contribution >= 4 is 17.5 Å². The van der Waals surface area contributed by atoms with Crippen LogP contribution in [0.4, 0.5) is 5.69 Å². The highest BCUT2D eigenvalue weighted by molar-refractivity contribution is 5.97. The highest BCUT2D eigenvalue weighted by Crippen LogP contribution is 2.14. The largest absolute Gasteiger partial charge is 0.379 e. The summed E-state index contributed by atoms with van der Waals surface area (Å²) in [4.78, 5) is 37.5. The maximum atomic E-state index is 12.5. The van der Waals surface area contributed by atoms with Crippen LogP contribution in [0.5, 0.6) is 0 Å². The Morgan fingerprint density at radius 2 is 1.84 bits per heavy atom. The fourth-order valence-electron chi connectivity index (χ4n) is 3.33. The predicted octanol–water partition coefficient (Wildman–Crippen LogP) is 1.86. The van der Waals surface area contributed by atoms with Gasteiger partial charge in [-0.3, -0.25) is 24.6 Å². The van der Waals surface area contributed by atoms with E-state index in [0.29, 0.717) is 6.54 Å². The first-order valence-electron chi connectivity index (χ1n) is 10.1. The first kappa shape index (κ1) is 22.4. The van der Waals surface area contributed by atoms with Crippen molar-refractivity contribution in [2.75, 3.05) is 26.3 Å². The molecule has 0 radical (unpaired) electrons. The molecule has 1 atom stereocenters. The highest BCUT2D eigenvalue weighted by Gasteiger charge is 2.19. The summed E-state index contributed by atoms with van der Waals surface area (Å²) >= 11 is 0. The average molecular weight is 426 g/mol. The van der Waals surface area contributed by atoms with E-state index in [0.717, 1.165) is 44.0 Å². The Labute approximate surface area is 180 Å². The number of hydrogen-bond donors (Lipinski definition) is 2. The normalized spacial score (nSPS) is 15.1. The van der Waals surface area contributed by atoms with Gasteiger partial charge in [-0.15, -0.1) is 0 Å². The van der Waals surface area contributed by atoms with Crippen molar-refractivity contribution in [2.24, 2.45) is 0 Å². The molecule has 2 amide bonds. The molecule has 1 aliphatic rings. The average Bonchev–Trinajstić information content (AvgIpc) is 2.79. The van der Waals surface area contributed by atoms with Crippen molar-refractivity contribution < 1.29 is 19.2 Å². The quantitative estimate of drug-likeness (QED) is 0.492. The van der Waals surface area contributed by atoms with Crippen molar-refractivity contribution in [3.63, 3.8) is 0 Å². The number of rotatable bonds is 8. The Kier molecular flexibility index (Phi) is 7.69. The van der Waals surface area contributed by atoms with E-state index in [-0.39, 0.29) is 17.2 Å². The lowest BCUT2D eigenvalue weighted by molar-refractivity contribution is -0.384. The van der Waals surface area contributed by atoms with Gasteiger partial charge in [-0.05, 0) is 24.1 Å². The molecule has 2 N–H and O–H groups in total. The molecular formula is C22H26N4O5. The number of ether oxygens (including phenoxy) is 1. The van der Waals surface area contributed by atoms with Crippen molar-refractivity contribution in [3.05, 3.63) is 75.3 Å². The van der Waals surface area contributed by atoms with Crippen molar-refractivity contribution in [3.8, 4) is 0 Å². The summed E-state index contributed by atoms with van der Waals surface area (Å²) in [6.45, 7) is 5.90. The van der Waals surface area contributed by atoms with Crippen LogP contribution >= 0.6 is 0 Å². The number of morpholine rings is 1. The first-order chi connectivity index (χ1) is 14.9. The number of nitrogens with zero attached hydrogens (tertiary/aromatic N) is 2. The SMILES string of the molecule is C[C@H](NC(=O)c1cccc([N+](=O)[O-])c1)C(=O)NCc1ccccc1CN1CCOCC1. The van der Waals surface area contributed by atoms with Crippen LogP contribution in [0.25, 0.3) is 0 Å². The molecule has 9 heteroatoms. The maximum absolute atomic E-state index is 12.5. The minimum atomic E-state index is -0.793. The number of nitrogens with one attached hydrogen (secondary N) is 2. The maximum Gasteiger partial charge on any atom is 0.270 e. The zero-order valence-corrected chi connectivity index (χ0v) is 17.4. The Bertz CT molecular complexity index is 943. The van der Waals surface area contributed by atoms with Crippen molar-refractivity contribution in [1.29, 1.82) is 0 Å². The Balaban J connectivity index is 1.55. The number of hydrogen-bond acceptors (Lipinski definition) is 6. The molecule has 3 rings (SSSR count). The van der Waals surface area contributed by atoms with E-state index in [1.54, 1.807) is 6.92 Å². The van der Waals surface area contributed by atoms with Crippen LogP contribution in [0.15, 0.2) is 48.5 Å². The van der Waals surface area contributed by atoms with Crippen LogP contribution in [0.2, 0.25) is 0 Å². The van der Waals surface area contributed by atoms with Gasteiger partial charge in [0.05, 0.1) is 18.1 Å². The van der Waals surface area contributed by atoms with Crippen LogP contribution in [-0.2, 0) is 22.6 Å². The molecule has 31 heavy (non-hydrogen) atoms. The van der Waals surface area contributed by atoms with E-state index in [9.17, 15) is 19.7 Å². The third-order valence-electron chi connectivity index (χ3n) is 5.13. The van der Waals surface area contributed by atoms with Gasteiger partial charge in [-0.2, -0.15) is 0 Å². The van der Waals surface area contributed by atoms with Gasteiger partial charge >= 0.3 is 0 Å². The van der Waals surface area contributed by atoms with E-state index in [2.05, 4.69) is 15.5 Å². The van der Waals surface area contributed by atoms with Crippen LogP contribution < -0.4 is 10.6 Å². The summed E-state index contributed by atoms with van der Waals surface area (Å²) in [5.74, 6) is -0.876. The molecule has 0 aromatic heterocycles. The molecular weight excluding hydrogens is 400 g/mol. The van der Waals surface area contributed by atoms with E-state index in [1.807, 2.05) is 24.3 Å². The second kappa shape index (κ2) is 10.6. The molecule has 0 unspecified atom stereocenters. The molecule has 1 heterocycles. The van der Waals surface area contributed by atoms with Crippen LogP contribution in [0.3, 0.4) is 0 Å². The van der Waals surface area contributed by atoms with Gasteiger partial charge in [-0.25, -0.2) is 0 Å². The second-order valence-electron chi connectivity index (χ2n) is 7.38. The first-order valence-corrected chi connectivity index (χ1v) is 10.1. The molecule has 9 nitrogen and oxygen atoms in total. The third-order valence-corrected chi connectivity index (χ3v) is 5.13. The fraction of sp³-hybridized carbons (Fsp3) is 0.364. The number of non-ortho nitro benzene ring substituents is 1. The van der Waals surface area contributed by atoms with E-state index < -0.39 is 16.9 Å². The smallest absolute Gasteiger partial charge is 0.270 e. The molecule has 0 aliphatic carbocycles. The van der Waals surface area contributed by atoms with Crippen LogP contribution in [0.1, 0.15) is 28.4 Å². The van der Waals surface area contributed by atoms with Gasteiger partial charge in [0.2, 0.25) is 5.91 Å². The molecule has 1 fully saturated rings. The summed E-state index contributed by atoms with van der Waals surface area (Å²) in [5, 5.41) is 16.3. The summed E-state index contributed by atoms with van der Waals surface area (Å²) in [7, 11) is 0. The van der Waals surface area contributed by atoms with Gasteiger partial charge in [0, 0.05) is 43.9 Å². The van der Waals surface area contributed by atoms with Gasteiger partial charge in [0.15, 0.2) is 0 Å². The molecule has 164 valence electrons. The van der Waals surface area contributed by atoms with Gasteiger partial charge < -0.3 is 15.4 Å². The number of nitro groups is 1. The summed E-state index contributed by atoms with van der Waals surface area (Å²) in [6, 6.07) is 12.5. The molecule has 1 saturated heterocycles. The number of amides is 2. The molecule has 2 aromatic rings. The third kappa shape index (κ3) is 6.34. The zero-order chi connectivity index (χ0) is 22.2. The standard InChI is InChI=1S/C22H26N4O5/c1-16(24-22(28)17-7-4-8-20(13-17)26(29)30)21(27)23-14-18-5-2-3-6-19(18)15-25-9-11-31-12-10-25/h2-8,13,16H,9-12,14-15H2,1H3,(H,23,27)(H,24,28)/t16-/m0/s1. The van der Waals surface area contributed by atoms with Gasteiger partial charge in [-0.1, -0.05) is 30.3 Å². The summed E-state index contributed by atoms with van der Waals surface area (Å²) in [6.07, 6.45) is 0. The number of benzene rings is 2. The van der Waals surface area contributed by atoms with Gasteiger partial charge in [0.1, 0.15) is 6.04 Å². The van der Waals surface area contributed by atoms with Crippen molar-refractivity contribution in [1.82, 2.24) is 15.5 Å². The van der Waals surface area contributed by atoms with Gasteiger partial charge in [0.25, 0.3) is 11.6 Å². The zero-order valence-electron chi connectivity index (χ0n) is 17.4. The van der Waals surface area contributed by atoms with E-state index >= 15 is 0 Å². The lowest BCUT2D eigenvalue weighted by Crippen LogP contribution is -2.44. The van der Waals surface area contributed by atoms with Crippen LogP contribution in [0, 0.1) is 10.1 Å². The number of carbonyl (C=O) groups is 2. The lowest BCUT2D eigenvalue weighted by atomic mass is 10.1. The monoisotopic (exact) mass is 426 g/mol. The van der Waals surface area contributed by atoms with E-state index in [1.165, 1.54) is 24.3 Å². The molecule has 1 aliphatic heterocycles. The van der Waals surface area contributed by atoms with Crippen molar-refractivity contribution in [2.45, 2.75) is 26.1 Å². The highest BCUT2D eigenvalue weighted by atomic mass is 16.6. The molecule has 0 bridgehead atoms. The fourth-order valence-corrected chi connectivity index (χ4v) is 3.33. The second-order valence-corrected chi connectivity index (χ2v) is 7.38. The molecule has 0 spiro atoms. The lowest BCUT2D eigenvalue weighted by Gasteiger charge is -2.27. The number of carbonyl (C=O) groups excluding carboxylic acids is 2. The molecule has 0 saturated carbocycles. The Morgan fingerprint density at radius 3 is 2.55 bits per heavy atom. The number of nitro benzene ring substituents is 1. The minimum Gasteiger partial charge on any atom is -0.379 e. The Hall–Kier alpha value is -3.30.